The number of rotatable bonds is 5. The average molecular weight is 370 g/mol. The predicted octanol–water partition coefficient (Wildman–Crippen LogP) is 2.57. The molecule has 3 aromatic rings. The van der Waals surface area contributed by atoms with Crippen molar-refractivity contribution >= 4 is 22.4 Å². The monoisotopic (exact) mass is 370 g/mol. The molecular weight excluding hydrogens is 361 g/mol. The normalized spacial score (nSPS) is 11.5. The van der Waals surface area contributed by atoms with Gasteiger partial charge in [-0.05, 0) is 12.1 Å². The lowest BCUT2D eigenvalue weighted by molar-refractivity contribution is -0.138. The van der Waals surface area contributed by atoms with Crippen LogP contribution in [-0.2, 0) is 17.4 Å². The summed E-state index contributed by atoms with van der Waals surface area (Å²) in [6.07, 6.45) is -1.35. The summed E-state index contributed by atoms with van der Waals surface area (Å²) < 4.78 is 42.3. The van der Waals surface area contributed by atoms with Gasteiger partial charge < -0.3 is 9.84 Å². The molecule has 0 unspecified atom stereocenters. The lowest BCUT2D eigenvalue weighted by Crippen LogP contribution is -2.12. The topological polar surface area (TPSA) is 107 Å². The van der Waals surface area contributed by atoms with Gasteiger partial charge in [0.05, 0.1) is 0 Å². The minimum atomic E-state index is -4.59. The van der Waals surface area contributed by atoms with Crippen molar-refractivity contribution in [2.24, 2.45) is 0 Å². The molecule has 0 atom stereocenters. The first kappa shape index (κ1) is 17.0. The molecule has 1 N–H and O–H groups in total. The van der Waals surface area contributed by atoms with Gasteiger partial charge in [-0.15, -0.1) is 10.2 Å². The lowest BCUT2D eigenvalue weighted by Gasteiger charge is -1.99. The van der Waals surface area contributed by atoms with E-state index < -0.39 is 17.1 Å². The van der Waals surface area contributed by atoms with Crippen LogP contribution < -0.4 is 5.32 Å². The van der Waals surface area contributed by atoms with Gasteiger partial charge in [0, 0.05) is 30.8 Å². The molecule has 0 aliphatic rings. The third-order valence-corrected chi connectivity index (χ3v) is 3.75. The molecule has 1 amide bonds. The molecule has 3 rings (SSSR count). The highest BCUT2D eigenvalue weighted by molar-refractivity contribution is 7.15. The van der Waals surface area contributed by atoms with Gasteiger partial charge in [-0.3, -0.25) is 9.78 Å². The third kappa shape index (κ3) is 4.35. The molecule has 8 nitrogen and oxygen atoms in total. The SMILES string of the molecule is O=C(CCc1nc(-c2cccnc2)no1)Nc1nnc(C(F)(F)F)s1. The van der Waals surface area contributed by atoms with E-state index in [1.807, 2.05) is 0 Å². The number of hydrogen-bond acceptors (Lipinski definition) is 8. The number of alkyl halides is 3. The predicted molar refractivity (Wildman–Crippen MR) is 79.4 cm³/mol. The van der Waals surface area contributed by atoms with Crippen LogP contribution in [0.2, 0.25) is 0 Å². The number of aromatic nitrogens is 5. The van der Waals surface area contributed by atoms with Gasteiger partial charge in [0.15, 0.2) is 0 Å². The van der Waals surface area contributed by atoms with Crippen LogP contribution in [0.4, 0.5) is 18.3 Å². The Morgan fingerprint density at radius 3 is 2.84 bits per heavy atom. The van der Waals surface area contributed by atoms with Gasteiger partial charge in [-0.25, -0.2) is 0 Å². The smallest absolute Gasteiger partial charge is 0.339 e. The van der Waals surface area contributed by atoms with Crippen molar-refractivity contribution in [2.45, 2.75) is 19.0 Å². The molecule has 0 saturated heterocycles. The summed E-state index contributed by atoms with van der Waals surface area (Å²) in [5, 5.41) is 10.9. The van der Waals surface area contributed by atoms with Gasteiger partial charge in [0.25, 0.3) is 0 Å². The number of nitrogens with one attached hydrogen (secondary N) is 1. The molecule has 0 saturated carbocycles. The Bertz CT molecular complexity index is 864. The van der Waals surface area contributed by atoms with Crippen molar-refractivity contribution in [3.63, 3.8) is 0 Å². The number of amides is 1. The van der Waals surface area contributed by atoms with E-state index in [0.717, 1.165) is 0 Å². The molecule has 12 heteroatoms. The Hall–Kier alpha value is -2.89. The summed E-state index contributed by atoms with van der Waals surface area (Å²) in [6.45, 7) is 0. The van der Waals surface area contributed by atoms with Gasteiger partial charge in [0.2, 0.25) is 27.8 Å². The molecule has 0 fully saturated rings. The second kappa shape index (κ2) is 6.93. The molecule has 0 aliphatic carbocycles. The standard InChI is InChI=1S/C13H9F3N6O2S/c14-13(15,16)11-20-21-12(25-11)18-8(23)3-4-9-19-10(22-24-9)7-2-1-5-17-6-7/h1-2,5-6H,3-4H2,(H,18,21,23). The summed E-state index contributed by atoms with van der Waals surface area (Å²) >= 11 is 0.254. The Balaban J connectivity index is 1.54. The van der Waals surface area contributed by atoms with Crippen LogP contribution >= 0.6 is 11.3 Å². The minimum absolute atomic E-state index is 0.0599. The fraction of sp³-hybridized carbons (Fsp3) is 0.231. The van der Waals surface area contributed by atoms with Gasteiger partial charge >= 0.3 is 6.18 Å². The maximum Gasteiger partial charge on any atom is 0.445 e. The van der Waals surface area contributed by atoms with E-state index in [0.29, 0.717) is 11.4 Å². The second-order valence-electron chi connectivity index (χ2n) is 4.71. The second-order valence-corrected chi connectivity index (χ2v) is 5.69. The molecular formula is C13H9F3N6O2S. The summed E-state index contributed by atoms with van der Waals surface area (Å²) in [4.78, 5) is 19.8. The van der Waals surface area contributed by atoms with Gasteiger partial charge in [0.1, 0.15) is 0 Å². The van der Waals surface area contributed by atoms with E-state index in [4.69, 9.17) is 4.52 Å². The van der Waals surface area contributed by atoms with Crippen molar-refractivity contribution in [1.29, 1.82) is 0 Å². The molecule has 0 spiro atoms. The molecule has 0 radical (unpaired) electrons. The van der Waals surface area contributed by atoms with Crippen molar-refractivity contribution in [3.8, 4) is 11.4 Å². The van der Waals surface area contributed by atoms with Gasteiger partial charge in [-0.1, -0.05) is 16.5 Å². The number of hydrogen-bond donors (Lipinski definition) is 1. The number of pyridine rings is 1. The Morgan fingerprint density at radius 1 is 1.32 bits per heavy atom. The van der Waals surface area contributed by atoms with Crippen LogP contribution in [0.15, 0.2) is 29.0 Å². The zero-order valence-electron chi connectivity index (χ0n) is 12.3. The van der Waals surface area contributed by atoms with Crippen LogP contribution in [0.5, 0.6) is 0 Å². The highest BCUT2D eigenvalue weighted by atomic mass is 32.1. The lowest BCUT2D eigenvalue weighted by atomic mass is 10.2. The summed E-state index contributed by atoms with van der Waals surface area (Å²) in [5.41, 5.74) is 0.662. The highest BCUT2D eigenvalue weighted by Gasteiger charge is 2.35. The first-order chi connectivity index (χ1) is 11.9. The van der Waals surface area contributed by atoms with Crippen LogP contribution in [0.3, 0.4) is 0 Å². The zero-order valence-corrected chi connectivity index (χ0v) is 13.1. The average Bonchev–Trinajstić information content (AvgIpc) is 3.23. The Kier molecular flexibility index (Phi) is 4.70. The minimum Gasteiger partial charge on any atom is -0.339 e. The number of halogens is 3. The van der Waals surface area contributed by atoms with Crippen molar-refractivity contribution < 1.29 is 22.5 Å². The zero-order chi connectivity index (χ0) is 17.9. The van der Waals surface area contributed by atoms with E-state index in [1.54, 1.807) is 24.5 Å². The molecule has 3 aromatic heterocycles. The number of carbonyl (C=O) groups excluding carboxylic acids is 1. The van der Waals surface area contributed by atoms with Crippen molar-refractivity contribution in [3.05, 3.63) is 35.4 Å². The molecule has 130 valence electrons. The fourth-order valence-corrected chi connectivity index (χ4v) is 2.39. The fourth-order valence-electron chi connectivity index (χ4n) is 1.76. The molecule has 0 bridgehead atoms. The van der Waals surface area contributed by atoms with Crippen LogP contribution in [0.25, 0.3) is 11.4 Å². The van der Waals surface area contributed by atoms with Crippen LogP contribution in [-0.4, -0.2) is 31.2 Å². The maximum absolute atomic E-state index is 12.4. The van der Waals surface area contributed by atoms with Crippen LogP contribution in [0, 0.1) is 0 Å². The van der Waals surface area contributed by atoms with E-state index in [1.165, 1.54) is 0 Å². The summed E-state index contributed by atoms with van der Waals surface area (Å²) in [6, 6.07) is 3.47. The molecule has 0 aromatic carbocycles. The molecule has 25 heavy (non-hydrogen) atoms. The first-order valence-electron chi connectivity index (χ1n) is 6.85. The maximum atomic E-state index is 12.4. The van der Waals surface area contributed by atoms with E-state index >= 15 is 0 Å². The molecule has 3 heterocycles. The van der Waals surface area contributed by atoms with Crippen LogP contribution in [0.1, 0.15) is 17.3 Å². The highest BCUT2D eigenvalue weighted by Crippen LogP contribution is 2.33. The summed E-state index contributed by atoms with van der Waals surface area (Å²) in [5.74, 6) is 0.0238. The Labute approximate surface area is 142 Å². The first-order valence-corrected chi connectivity index (χ1v) is 7.67. The van der Waals surface area contributed by atoms with Gasteiger partial charge in [-0.2, -0.15) is 18.2 Å². The third-order valence-electron chi connectivity index (χ3n) is 2.87. The largest absolute Gasteiger partial charge is 0.445 e. The van der Waals surface area contributed by atoms with Crippen molar-refractivity contribution in [2.75, 3.05) is 5.32 Å². The van der Waals surface area contributed by atoms with E-state index in [2.05, 4.69) is 30.6 Å². The number of aryl methyl sites for hydroxylation is 1. The van der Waals surface area contributed by atoms with E-state index in [9.17, 15) is 18.0 Å². The quantitative estimate of drug-likeness (QED) is 0.735. The summed E-state index contributed by atoms with van der Waals surface area (Å²) in [7, 11) is 0. The van der Waals surface area contributed by atoms with Crippen molar-refractivity contribution in [1.82, 2.24) is 25.3 Å². The number of anilines is 1. The Morgan fingerprint density at radius 2 is 2.16 bits per heavy atom. The molecule has 0 aliphatic heterocycles. The number of nitrogens with zero attached hydrogens (tertiary/aromatic N) is 5. The van der Waals surface area contributed by atoms with E-state index in [-0.39, 0.29) is 35.2 Å². The number of carbonyl (C=O) groups is 1.